The lowest BCUT2D eigenvalue weighted by Gasteiger charge is -2.19. The van der Waals surface area contributed by atoms with Crippen molar-refractivity contribution in [3.05, 3.63) is 63.9 Å². The van der Waals surface area contributed by atoms with Crippen molar-refractivity contribution in [1.29, 1.82) is 0 Å². The summed E-state index contributed by atoms with van der Waals surface area (Å²) in [6.07, 6.45) is -4.74. The lowest BCUT2D eigenvalue weighted by atomic mass is 10.0. The number of hydrogen-bond acceptors (Lipinski definition) is 4. The molecule has 144 valence electrons. The molecule has 2 amide bonds. The molecule has 1 heterocycles. The minimum atomic E-state index is -4.53. The van der Waals surface area contributed by atoms with Crippen LogP contribution in [0.3, 0.4) is 0 Å². The Morgan fingerprint density at radius 2 is 1.85 bits per heavy atom. The van der Waals surface area contributed by atoms with Crippen LogP contribution in [0.4, 0.5) is 13.2 Å². The fourth-order valence-corrected chi connectivity index (χ4v) is 2.68. The summed E-state index contributed by atoms with van der Waals surface area (Å²) in [6, 6.07) is 5.66. The third-order valence-corrected chi connectivity index (χ3v) is 4.44. The van der Waals surface area contributed by atoms with E-state index in [1.165, 1.54) is 6.20 Å². The smallest absolute Gasteiger partial charge is 0.378 e. The van der Waals surface area contributed by atoms with Crippen LogP contribution in [-0.2, 0) is 22.2 Å². The summed E-state index contributed by atoms with van der Waals surface area (Å²) in [7, 11) is 0. The summed E-state index contributed by atoms with van der Waals surface area (Å²) >= 11 is 3.21. The zero-order chi connectivity index (χ0) is 20.2. The van der Waals surface area contributed by atoms with Crippen LogP contribution in [0.25, 0.3) is 0 Å². The van der Waals surface area contributed by atoms with Crippen molar-refractivity contribution in [3.63, 3.8) is 0 Å². The molecule has 1 aromatic heterocycles. The number of nitrogens with two attached hydrogens (primary N) is 1. The third-order valence-electron chi connectivity index (χ3n) is 3.72. The average Bonchev–Trinajstić information content (AvgIpc) is 2.61. The summed E-state index contributed by atoms with van der Waals surface area (Å²) in [6.45, 7) is 0. The Kier molecular flexibility index (Phi) is 6.55. The third kappa shape index (κ3) is 5.51. The fraction of sp³-hybridized carbons (Fsp3) is 0.235. The molecule has 27 heavy (non-hydrogen) atoms. The van der Waals surface area contributed by atoms with Crippen molar-refractivity contribution in [2.75, 3.05) is 0 Å². The van der Waals surface area contributed by atoms with E-state index >= 15 is 0 Å². The quantitative estimate of drug-likeness (QED) is 0.592. The number of halogens is 4. The van der Waals surface area contributed by atoms with Gasteiger partial charge in [0.25, 0.3) is 5.91 Å². The van der Waals surface area contributed by atoms with E-state index in [1.807, 2.05) is 0 Å². The van der Waals surface area contributed by atoms with E-state index in [2.05, 4.69) is 26.2 Å². The van der Waals surface area contributed by atoms with Crippen LogP contribution in [0.2, 0.25) is 0 Å². The highest BCUT2D eigenvalue weighted by Gasteiger charge is 2.31. The summed E-state index contributed by atoms with van der Waals surface area (Å²) in [5.74, 6) is -1.79. The second kappa shape index (κ2) is 8.49. The highest BCUT2D eigenvalue weighted by atomic mass is 79.9. The van der Waals surface area contributed by atoms with Gasteiger partial charge in [-0.15, -0.1) is 0 Å². The molecule has 0 saturated carbocycles. The maximum Gasteiger partial charge on any atom is 0.416 e. The van der Waals surface area contributed by atoms with Gasteiger partial charge in [0.05, 0.1) is 5.56 Å². The van der Waals surface area contributed by atoms with Crippen LogP contribution < -0.4 is 11.1 Å². The Balaban J connectivity index is 2.10. The molecule has 6 nitrogen and oxygen atoms in total. The van der Waals surface area contributed by atoms with Gasteiger partial charge < -0.3 is 16.2 Å². The Labute approximate surface area is 160 Å². The predicted molar refractivity (Wildman–Crippen MR) is 93.2 cm³/mol. The second-order valence-electron chi connectivity index (χ2n) is 5.64. The fourth-order valence-electron chi connectivity index (χ4n) is 2.27. The number of primary amides is 1. The van der Waals surface area contributed by atoms with Gasteiger partial charge in [0.2, 0.25) is 5.91 Å². The minimum absolute atomic E-state index is 0.0230. The number of rotatable bonds is 6. The molecule has 0 aliphatic carbocycles. The molecular formula is C17H15BrF3N3O3. The molecule has 1 aromatic carbocycles. The minimum Gasteiger partial charge on any atom is -0.378 e. The molecule has 10 heteroatoms. The largest absolute Gasteiger partial charge is 0.416 e. The molecule has 0 radical (unpaired) electrons. The van der Waals surface area contributed by atoms with E-state index < -0.39 is 35.7 Å². The van der Waals surface area contributed by atoms with Gasteiger partial charge >= 0.3 is 6.18 Å². The molecule has 0 aliphatic heterocycles. The number of benzene rings is 1. The lowest BCUT2D eigenvalue weighted by Crippen LogP contribution is -2.47. The van der Waals surface area contributed by atoms with E-state index in [4.69, 9.17) is 5.73 Å². The molecule has 0 spiro atoms. The second-order valence-corrected chi connectivity index (χ2v) is 6.39. The van der Waals surface area contributed by atoms with Crippen molar-refractivity contribution in [3.8, 4) is 0 Å². The number of aliphatic hydroxyl groups is 1. The Bertz CT molecular complexity index is 828. The summed E-state index contributed by atoms with van der Waals surface area (Å²) in [4.78, 5) is 27.8. The number of aromatic nitrogens is 1. The first kappa shape index (κ1) is 20.8. The molecule has 0 saturated heterocycles. The summed E-state index contributed by atoms with van der Waals surface area (Å²) in [5.41, 5.74) is 4.94. The molecule has 2 aromatic rings. The van der Waals surface area contributed by atoms with Gasteiger partial charge in [-0.25, -0.2) is 4.98 Å². The SMILES string of the molecule is NC(=O)[C@H](Cc1cccnc1Br)NC(=O)[C@@H](O)c1ccc(C(F)(F)F)cc1. The summed E-state index contributed by atoms with van der Waals surface area (Å²) < 4.78 is 38.2. The number of carbonyl (C=O) groups is 2. The molecule has 4 N–H and O–H groups in total. The van der Waals surface area contributed by atoms with Gasteiger partial charge in [-0.3, -0.25) is 9.59 Å². The first-order chi connectivity index (χ1) is 12.6. The van der Waals surface area contributed by atoms with E-state index in [9.17, 15) is 27.9 Å². The van der Waals surface area contributed by atoms with Crippen LogP contribution in [0.1, 0.15) is 22.8 Å². The van der Waals surface area contributed by atoms with Crippen molar-refractivity contribution in [2.24, 2.45) is 5.73 Å². The number of nitrogens with zero attached hydrogens (tertiary/aromatic N) is 1. The van der Waals surface area contributed by atoms with Gasteiger partial charge in [0.15, 0.2) is 6.10 Å². The maximum atomic E-state index is 12.6. The zero-order valence-electron chi connectivity index (χ0n) is 13.7. The monoisotopic (exact) mass is 445 g/mol. The molecule has 0 aliphatic rings. The van der Waals surface area contributed by atoms with Crippen molar-refractivity contribution in [1.82, 2.24) is 10.3 Å². The van der Waals surface area contributed by atoms with Crippen LogP contribution in [0.5, 0.6) is 0 Å². The van der Waals surface area contributed by atoms with Gasteiger partial charge in [0.1, 0.15) is 10.6 Å². The van der Waals surface area contributed by atoms with E-state index in [0.717, 1.165) is 24.3 Å². The number of pyridine rings is 1. The van der Waals surface area contributed by atoms with E-state index in [1.54, 1.807) is 12.1 Å². The Morgan fingerprint density at radius 1 is 1.22 bits per heavy atom. The normalized spacial score (nSPS) is 13.7. The lowest BCUT2D eigenvalue weighted by molar-refractivity contribution is -0.137. The van der Waals surface area contributed by atoms with Crippen molar-refractivity contribution < 1.29 is 27.9 Å². The van der Waals surface area contributed by atoms with E-state index in [0.29, 0.717) is 10.2 Å². The number of aliphatic hydroxyl groups excluding tert-OH is 1. The van der Waals surface area contributed by atoms with Crippen LogP contribution >= 0.6 is 15.9 Å². The number of nitrogens with one attached hydrogen (secondary N) is 1. The highest BCUT2D eigenvalue weighted by Crippen LogP contribution is 2.30. The molecule has 2 rings (SSSR count). The topological polar surface area (TPSA) is 105 Å². The Hall–Kier alpha value is -2.46. The van der Waals surface area contributed by atoms with Crippen LogP contribution in [-0.4, -0.2) is 27.9 Å². The maximum absolute atomic E-state index is 12.6. The molecule has 0 bridgehead atoms. The molecule has 0 unspecified atom stereocenters. The van der Waals surface area contributed by atoms with Gasteiger partial charge in [-0.2, -0.15) is 13.2 Å². The first-order valence-electron chi connectivity index (χ1n) is 7.64. The van der Waals surface area contributed by atoms with Crippen LogP contribution in [0, 0.1) is 0 Å². The standard InChI is InChI=1S/C17H15BrF3N3O3/c18-14-10(2-1-7-23-14)8-12(15(22)26)24-16(27)13(25)9-3-5-11(6-4-9)17(19,20)21/h1-7,12-13,25H,8H2,(H2,22,26)(H,24,27)/t12-,13-/m0/s1. The number of hydrogen-bond donors (Lipinski definition) is 3. The van der Waals surface area contributed by atoms with Gasteiger partial charge in [0, 0.05) is 12.6 Å². The van der Waals surface area contributed by atoms with E-state index in [-0.39, 0.29) is 12.0 Å². The predicted octanol–water partition coefficient (Wildman–Crippen LogP) is 2.11. The van der Waals surface area contributed by atoms with Crippen molar-refractivity contribution >= 4 is 27.7 Å². The number of amides is 2. The Morgan fingerprint density at radius 3 is 2.37 bits per heavy atom. The first-order valence-corrected chi connectivity index (χ1v) is 8.43. The number of alkyl halides is 3. The molecular weight excluding hydrogens is 431 g/mol. The van der Waals surface area contributed by atoms with Crippen molar-refractivity contribution in [2.45, 2.75) is 24.7 Å². The highest BCUT2D eigenvalue weighted by molar-refractivity contribution is 9.10. The molecule has 0 fully saturated rings. The number of carbonyl (C=O) groups excluding carboxylic acids is 2. The molecule has 2 atom stereocenters. The van der Waals surface area contributed by atoms with Gasteiger partial charge in [-0.1, -0.05) is 18.2 Å². The van der Waals surface area contributed by atoms with Crippen LogP contribution in [0.15, 0.2) is 47.2 Å². The van der Waals surface area contributed by atoms with Gasteiger partial charge in [-0.05, 0) is 45.3 Å². The zero-order valence-corrected chi connectivity index (χ0v) is 15.3. The average molecular weight is 446 g/mol. The summed E-state index contributed by atoms with van der Waals surface area (Å²) in [5, 5.41) is 12.4.